The lowest BCUT2D eigenvalue weighted by atomic mass is 10.0. The maximum Gasteiger partial charge on any atom is 0.172 e. The van der Waals surface area contributed by atoms with Gasteiger partial charge in [0.05, 0.1) is 5.75 Å². The molecule has 3 heteroatoms. The summed E-state index contributed by atoms with van der Waals surface area (Å²) in [5, 5.41) is 1.32. The number of ketones is 1. The summed E-state index contributed by atoms with van der Waals surface area (Å²) in [7, 11) is 0. The van der Waals surface area contributed by atoms with Crippen LogP contribution in [0.3, 0.4) is 0 Å². The van der Waals surface area contributed by atoms with E-state index in [9.17, 15) is 4.79 Å². The molecule has 1 aromatic rings. The number of halogens is 1. The molecule has 0 amide bonds. The van der Waals surface area contributed by atoms with Gasteiger partial charge in [-0.25, -0.2) is 0 Å². The Morgan fingerprint density at radius 2 is 2.06 bits per heavy atom. The molecule has 1 saturated carbocycles. The topological polar surface area (TPSA) is 17.1 Å². The summed E-state index contributed by atoms with van der Waals surface area (Å²) < 4.78 is 0. The highest BCUT2D eigenvalue weighted by Crippen LogP contribution is 2.28. The molecule has 1 aliphatic carbocycles. The molecule has 1 fully saturated rings. The number of carbonyl (C=O) groups excluding carboxylic acids is 1. The Labute approximate surface area is 112 Å². The monoisotopic (exact) mass is 268 g/mol. The molecule has 0 spiro atoms. The number of benzene rings is 1. The summed E-state index contributed by atoms with van der Waals surface area (Å²) in [6.07, 6.45) is 6.55. The number of hydrogen-bond acceptors (Lipinski definition) is 2. The number of rotatable bonds is 4. The van der Waals surface area contributed by atoms with Crippen molar-refractivity contribution in [2.75, 3.05) is 5.75 Å². The molecule has 17 heavy (non-hydrogen) atoms. The summed E-state index contributed by atoms with van der Waals surface area (Å²) in [6, 6.07) is 7.23. The van der Waals surface area contributed by atoms with E-state index in [1.54, 1.807) is 12.1 Å². The van der Waals surface area contributed by atoms with E-state index < -0.39 is 0 Å². The van der Waals surface area contributed by atoms with Crippen molar-refractivity contribution in [3.8, 4) is 0 Å². The fraction of sp³-hybridized carbons (Fsp3) is 0.500. The third-order valence-electron chi connectivity index (χ3n) is 3.15. The van der Waals surface area contributed by atoms with Crippen LogP contribution in [0.2, 0.25) is 5.02 Å². The molecule has 1 aromatic carbocycles. The Balaban J connectivity index is 1.84. The molecule has 0 heterocycles. The Bertz CT molecular complexity index is 386. The Kier molecular flexibility index (Phi) is 4.93. The van der Waals surface area contributed by atoms with Gasteiger partial charge in [-0.3, -0.25) is 4.79 Å². The molecule has 2 rings (SSSR count). The zero-order valence-corrected chi connectivity index (χ0v) is 11.4. The largest absolute Gasteiger partial charge is 0.293 e. The van der Waals surface area contributed by atoms with Crippen LogP contribution in [0, 0.1) is 0 Å². The van der Waals surface area contributed by atoms with Crippen LogP contribution >= 0.6 is 23.4 Å². The SMILES string of the molecule is O=C(CSC1CCCCC1)c1cccc(Cl)c1. The normalized spacial score (nSPS) is 17.0. The van der Waals surface area contributed by atoms with Gasteiger partial charge in [-0.15, -0.1) is 0 Å². The second kappa shape index (κ2) is 6.46. The first-order chi connectivity index (χ1) is 8.25. The van der Waals surface area contributed by atoms with E-state index in [1.807, 2.05) is 23.9 Å². The quantitative estimate of drug-likeness (QED) is 0.743. The van der Waals surface area contributed by atoms with Crippen LogP contribution in [0.25, 0.3) is 0 Å². The van der Waals surface area contributed by atoms with E-state index in [-0.39, 0.29) is 5.78 Å². The number of hydrogen-bond donors (Lipinski definition) is 0. The molecule has 0 aromatic heterocycles. The summed E-state index contributed by atoms with van der Waals surface area (Å²) in [5.41, 5.74) is 0.737. The minimum absolute atomic E-state index is 0.197. The summed E-state index contributed by atoms with van der Waals surface area (Å²) >= 11 is 7.69. The van der Waals surface area contributed by atoms with Crippen molar-refractivity contribution < 1.29 is 4.79 Å². The van der Waals surface area contributed by atoms with Crippen molar-refractivity contribution in [3.63, 3.8) is 0 Å². The fourth-order valence-corrected chi connectivity index (χ4v) is 3.58. The average Bonchev–Trinajstić information content (AvgIpc) is 2.37. The second-order valence-corrected chi connectivity index (χ2v) is 6.23. The standard InChI is InChI=1S/C14H17ClOS/c15-12-6-4-5-11(9-12)14(16)10-17-13-7-2-1-3-8-13/h4-6,9,13H,1-3,7-8,10H2. The predicted octanol–water partition coefficient (Wildman–Crippen LogP) is 4.59. The summed E-state index contributed by atoms with van der Waals surface area (Å²) in [4.78, 5) is 12.0. The highest BCUT2D eigenvalue weighted by Gasteiger charge is 2.15. The molecule has 0 atom stereocenters. The van der Waals surface area contributed by atoms with Gasteiger partial charge >= 0.3 is 0 Å². The minimum Gasteiger partial charge on any atom is -0.293 e. The van der Waals surface area contributed by atoms with Gasteiger partial charge in [-0.2, -0.15) is 11.8 Å². The molecule has 0 bridgehead atoms. The molecule has 0 aliphatic heterocycles. The van der Waals surface area contributed by atoms with E-state index in [4.69, 9.17) is 11.6 Å². The Morgan fingerprint density at radius 3 is 2.76 bits per heavy atom. The number of carbonyl (C=O) groups is 1. The van der Waals surface area contributed by atoms with E-state index in [0.717, 1.165) is 5.56 Å². The zero-order chi connectivity index (χ0) is 12.1. The van der Waals surface area contributed by atoms with Crippen molar-refractivity contribution in [2.24, 2.45) is 0 Å². The molecule has 0 unspecified atom stereocenters. The molecule has 1 nitrogen and oxygen atoms in total. The maximum atomic E-state index is 12.0. The third-order valence-corrected chi connectivity index (χ3v) is 4.76. The zero-order valence-electron chi connectivity index (χ0n) is 9.82. The van der Waals surface area contributed by atoms with Crippen molar-refractivity contribution in [3.05, 3.63) is 34.9 Å². The van der Waals surface area contributed by atoms with Gasteiger partial charge in [-0.05, 0) is 25.0 Å². The van der Waals surface area contributed by atoms with Crippen LogP contribution in [0.5, 0.6) is 0 Å². The minimum atomic E-state index is 0.197. The lowest BCUT2D eigenvalue weighted by Gasteiger charge is -2.20. The van der Waals surface area contributed by atoms with Crippen LogP contribution in [-0.2, 0) is 0 Å². The highest BCUT2D eigenvalue weighted by molar-refractivity contribution is 8.00. The van der Waals surface area contributed by atoms with Crippen molar-refractivity contribution in [1.82, 2.24) is 0 Å². The van der Waals surface area contributed by atoms with Crippen LogP contribution in [0.15, 0.2) is 24.3 Å². The second-order valence-electron chi connectivity index (χ2n) is 4.50. The first-order valence-corrected chi connectivity index (χ1v) is 7.59. The van der Waals surface area contributed by atoms with Crippen LogP contribution in [0.4, 0.5) is 0 Å². The molecule has 1 aliphatic rings. The van der Waals surface area contributed by atoms with Crippen molar-refractivity contribution in [2.45, 2.75) is 37.4 Å². The average molecular weight is 269 g/mol. The van der Waals surface area contributed by atoms with Gasteiger partial charge in [0.15, 0.2) is 5.78 Å². The van der Waals surface area contributed by atoms with Gasteiger partial charge in [0.2, 0.25) is 0 Å². The van der Waals surface area contributed by atoms with Crippen LogP contribution < -0.4 is 0 Å². The molecular formula is C14H17ClOS. The van der Waals surface area contributed by atoms with Gasteiger partial charge < -0.3 is 0 Å². The molecule has 92 valence electrons. The maximum absolute atomic E-state index is 12.0. The number of Topliss-reactive ketones (excluding diaryl/α,β-unsaturated/α-hetero) is 1. The molecule has 0 radical (unpaired) electrons. The van der Waals surface area contributed by atoms with Crippen LogP contribution in [0.1, 0.15) is 42.5 Å². The van der Waals surface area contributed by atoms with Gasteiger partial charge in [0, 0.05) is 15.8 Å². The highest BCUT2D eigenvalue weighted by atomic mass is 35.5. The van der Waals surface area contributed by atoms with Crippen LogP contribution in [-0.4, -0.2) is 16.8 Å². The van der Waals surface area contributed by atoms with Crippen molar-refractivity contribution in [1.29, 1.82) is 0 Å². The van der Waals surface area contributed by atoms with E-state index in [0.29, 0.717) is 16.0 Å². The van der Waals surface area contributed by atoms with Gasteiger partial charge in [0.1, 0.15) is 0 Å². The first-order valence-electron chi connectivity index (χ1n) is 6.16. The molecule has 0 saturated heterocycles. The molecular weight excluding hydrogens is 252 g/mol. The lowest BCUT2D eigenvalue weighted by Crippen LogP contribution is -2.12. The summed E-state index contributed by atoms with van der Waals surface area (Å²) in [5.74, 6) is 0.786. The van der Waals surface area contributed by atoms with E-state index in [2.05, 4.69) is 0 Å². The van der Waals surface area contributed by atoms with Gasteiger partial charge in [0.25, 0.3) is 0 Å². The Morgan fingerprint density at radius 1 is 1.29 bits per heavy atom. The summed E-state index contributed by atoms with van der Waals surface area (Å²) in [6.45, 7) is 0. The molecule has 0 N–H and O–H groups in total. The predicted molar refractivity (Wildman–Crippen MR) is 75.1 cm³/mol. The third kappa shape index (κ3) is 4.04. The van der Waals surface area contributed by atoms with Gasteiger partial charge in [-0.1, -0.05) is 43.0 Å². The Hall–Kier alpha value is -0.470. The first kappa shape index (κ1) is 13.0. The van der Waals surface area contributed by atoms with E-state index >= 15 is 0 Å². The van der Waals surface area contributed by atoms with Crippen molar-refractivity contribution >= 4 is 29.1 Å². The smallest absolute Gasteiger partial charge is 0.172 e. The number of thioether (sulfide) groups is 1. The lowest BCUT2D eigenvalue weighted by molar-refractivity contribution is 0.102. The van der Waals surface area contributed by atoms with E-state index in [1.165, 1.54) is 32.1 Å². The fourth-order valence-electron chi connectivity index (χ4n) is 2.17.